The highest BCUT2D eigenvalue weighted by atomic mass is 79.9. The lowest BCUT2D eigenvalue weighted by atomic mass is 10.0. The van der Waals surface area contributed by atoms with Crippen LogP contribution < -0.4 is 0 Å². The summed E-state index contributed by atoms with van der Waals surface area (Å²) in [6, 6.07) is 4.71. The smallest absolute Gasteiger partial charge is 0.126 e. The summed E-state index contributed by atoms with van der Waals surface area (Å²) in [5.41, 5.74) is 0.701. The maximum Gasteiger partial charge on any atom is 0.126 e. The lowest BCUT2D eigenvalue weighted by Gasteiger charge is -2.13. The van der Waals surface area contributed by atoms with Crippen molar-refractivity contribution in [3.8, 4) is 0 Å². The lowest BCUT2D eigenvalue weighted by Crippen LogP contribution is -2.08. The van der Waals surface area contributed by atoms with E-state index in [1.807, 2.05) is 0 Å². The summed E-state index contributed by atoms with van der Waals surface area (Å²) < 4.78 is 13.3. The number of hydrogen-bond donors (Lipinski definition) is 0. The summed E-state index contributed by atoms with van der Waals surface area (Å²) in [6.45, 7) is 4.29. The summed E-state index contributed by atoms with van der Waals surface area (Å²) in [5, 5.41) is 0.599. The van der Waals surface area contributed by atoms with E-state index in [2.05, 4.69) is 29.8 Å². The third-order valence-electron chi connectivity index (χ3n) is 2.42. The lowest BCUT2D eigenvalue weighted by molar-refractivity contribution is 0.562. The fraction of sp³-hybridized carbons (Fsp3) is 0.500. The topological polar surface area (TPSA) is 0 Å². The molecule has 1 atom stereocenters. The molecule has 0 aliphatic carbocycles. The van der Waals surface area contributed by atoms with Crippen molar-refractivity contribution in [1.29, 1.82) is 0 Å². The molecule has 0 nitrogen and oxygen atoms in total. The van der Waals surface area contributed by atoms with Crippen LogP contribution in [0.25, 0.3) is 0 Å². The third kappa shape index (κ3) is 4.12. The van der Waals surface area contributed by atoms with Crippen LogP contribution in [0, 0.1) is 11.7 Å². The van der Waals surface area contributed by atoms with Crippen molar-refractivity contribution in [2.45, 2.75) is 31.5 Å². The predicted molar refractivity (Wildman–Crippen MR) is 67.3 cm³/mol. The molecule has 0 saturated heterocycles. The molecule has 1 aromatic carbocycles. The van der Waals surface area contributed by atoms with Gasteiger partial charge in [-0.05, 0) is 42.5 Å². The van der Waals surface area contributed by atoms with Gasteiger partial charge in [0.25, 0.3) is 0 Å². The quantitative estimate of drug-likeness (QED) is 0.697. The highest BCUT2D eigenvalue weighted by molar-refractivity contribution is 9.09. The van der Waals surface area contributed by atoms with E-state index in [0.29, 0.717) is 21.3 Å². The van der Waals surface area contributed by atoms with Gasteiger partial charge in [-0.1, -0.05) is 41.4 Å². The zero-order valence-corrected chi connectivity index (χ0v) is 11.3. The van der Waals surface area contributed by atoms with Crippen LogP contribution >= 0.6 is 27.5 Å². The highest BCUT2D eigenvalue weighted by Gasteiger charge is 2.10. The summed E-state index contributed by atoms with van der Waals surface area (Å²) in [5.74, 6) is 0.398. The van der Waals surface area contributed by atoms with Crippen molar-refractivity contribution in [1.82, 2.24) is 0 Å². The normalized spacial score (nSPS) is 13.2. The minimum Gasteiger partial charge on any atom is -0.207 e. The maximum atomic E-state index is 13.3. The van der Waals surface area contributed by atoms with Gasteiger partial charge in [0.1, 0.15) is 5.82 Å². The average molecular weight is 294 g/mol. The fourth-order valence-corrected chi connectivity index (χ4v) is 1.79. The Morgan fingerprint density at radius 1 is 1.40 bits per heavy atom. The standard InChI is InChI=1S/C12H15BrClF/c1-8(2)11(13)5-3-9-7-10(14)4-6-12(9)15/h4,6-8,11H,3,5H2,1-2H3. The van der Waals surface area contributed by atoms with E-state index in [9.17, 15) is 4.39 Å². The minimum atomic E-state index is -0.164. The van der Waals surface area contributed by atoms with E-state index in [4.69, 9.17) is 11.6 Å². The van der Waals surface area contributed by atoms with Crippen molar-refractivity contribution in [2.24, 2.45) is 5.92 Å². The predicted octanol–water partition coefficient (Wildman–Crippen LogP) is 4.83. The Balaban J connectivity index is 2.61. The van der Waals surface area contributed by atoms with Crippen molar-refractivity contribution in [3.63, 3.8) is 0 Å². The molecule has 84 valence electrons. The molecule has 0 radical (unpaired) electrons. The molecule has 0 aliphatic rings. The SMILES string of the molecule is CC(C)C(Br)CCc1cc(Cl)ccc1F. The monoisotopic (exact) mass is 292 g/mol. The van der Waals surface area contributed by atoms with Gasteiger partial charge in [0.15, 0.2) is 0 Å². The van der Waals surface area contributed by atoms with Gasteiger partial charge >= 0.3 is 0 Å². The summed E-state index contributed by atoms with van der Waals surface area (Å²) in [7, 11) is 0. The molecule has 0 heterocycles. The second-order valence-corrected chi connectivity index (χ2v) is 5.65. The van der Waals surface area contributed by atoms with Crippen LogP contribution in [0.5, 0.6) is 0 Å². The largest absolute Gasteiger partial charge is 0.207 e. The van der Waals surface area contributed by atoms with Crippen molar-refractivity contribution in [3.05, 3.63) is 34.6 Å². The number of rotatable bonds is 4. The first-order valence-corrected chi connectivity index (χ1v) is 6.38. The molecule has 0 aromatic heterocycles. The van der Waals surface area contributed by atoms with Crippen LogP contribution in [0.2, 0.25) is 5.02 Å². The number of aryl methyl sites for hydroxylation is 1. The van der Waals surface area contributed by atoms with Gasteiger partial charge in [-0.15, -0.1) is 0 Å². The molecule has 0 bridgehead atoms. The van der Waals surface area contributed by atoms with Gasteiger partial charge in [-0.25, -0.2) is 4.39 Å². The van der Waals surface area contributed by atoms with Gasteiger partial charge in [0.05, 0.1) is 0 Å². The molecular formula is C12H15BrClF. The Morgan fingerprint density at radius 2 is 2.07 bits per heavy atom. The van der Waals surface area contributed by atoms with Gasteiger partial charge < -0.3 is 0 Å². The van der Waals surface area contributed by atoms with Crippen LogP contribution in [0.4, 0.5) is 4.39 Å². The van der Waals surface area contributed by atoms with Crippen LogP contribution in [0.15, 0.2) is 18.2 Å². The van der Waals surface area contributed by atoms with E-state index in [0.717, 1.165) is 12.8 Å². The van der Waals surface area contributed by atoms with Crippen LogP contribution in [0.1, 0.15) is 25.8 Å². The Morgan fingerprint density at radius 3 is 2.67 bits per heavy atom. The summed E-state index contributed by atoms with van der Waals surface area (Å²) in [4.78, 5) is 0.427. The third-order valence-corrected chi connectivity index (χ3v) is 4.17. The molecule has 0 spiro atoms. The van der Waals surface area contributed by atoms with Gasteiger partial charge in [-0.3, -0.25) is 0 Å². The molecular weight excluding hydrogens is 278 g/mol. The zero-order valence-electron chi connectivity index (χ0n) is 8.93. The van der Waals surface area contributed by atoms with Crippen LogP contribution in [-0.4, -0.2) is 4.83 Å². The Kier molecular flexibility index (Phi) is 5.07. The Bertz CT molecular complexity index is 325. The summed E-state index contributed by atoms with van der Waals surface area (Å²) >= 11 is 9.40. The number of alkyl halides is 1. The van der Waals surface area contributed by atoms with Crippen molar-refractivity contribution in [2.75, 3.05) is 0 Å². The second-order valence-electron chi connectivity index (χ2n) is 4.03. The second kappa shape index (κ2) is 5.86. The highest BCUT2D eigenvalue weighted by Crippen LogP contribution is 2.21. The average Bonchev–Trinajstić information content (AvgIpc) is 2.18. The van der Waals surface area contributed by atoms with Gasteiger partial charge in [0.2, 0.25) is 0 Å². The van der Waals surface area contributed by atoms with E-state index >= 15 is 0 Å². The van der Waals surface area contributed by atoms with Gasteiger partial charge in [0, 0.05) is 9.85 Å². The molecule has 0 saturated carbocycles. The van der Waals surface area contributed by atoms with Crippen LogP contribution in [-0.2, 0) is 6.42 Å². The van der Waals surface area contributed by atoms with E-state index in [1.165, 1.54) is 6.07 Å². The van der Waals surface area contributed by atoms with Crippen LogP contribution in [0.3, 0.4) is 0 Å². The first-order chi connectivity index (χ1) is 7.00. The molecule has 15 heavy (non-hydrogen) atoms. The molecule has 0 aliphatic heterocycles. The molecule has 3 heteroatoms. The Labute approximate surface area is 104 Å². The van der Waals surface area contributed by atoms with Gasteiger partial charge in [-0.2, -0.15) is 0 Å². The fourth-order valence-electron chi connectivity index (χ4n) is 1.36. The first-order valence-electron chi connectivity index (χ1n) is 5.08. The molecule has 1 unspecified atom stereocenters. The zero-order chi connectivity index (χ0) is 11.4. The van der Waals surface area contributed by atoms with E-state index < -0.39 is 0 Å². The summed E-state index contributed by atoms with van der Waals surface area (Å²) in [6.07, 6.45) is 1.65. The minimum absolute atomic E-state index is 0.164. The molecule has 0 N–H and O–H groups in total. The first kappa shape index (κ1) is 13.0. The van der Waals surface area contributed by atoms with E-state index in [-0.39, 0.29) is 5.82 Å². The maximum absolute atomic E-state index is 13.3. The molecule has 1 aromatic rings. The molecule has 0 amide bonds. The molecule has 1 rings (SSSR count). The molecule has 0 fully saturated rings. The number of halogens is 3. The van der Waals surface area contributed by atoms with E-state index in [1.54, 1.807) is 12.1 Å². The Hall–Kier alpha value is -0.0800. The number of hydrogen-bond acceptors (Lipinski definition) is 0. The van der Waals surface area contributed by atoms with Crippen molar-refractivity contribution >= 4 is 27.5 Å². The van der Waals surface area contributed by atoms with Crippen molar-refractivity contribution < 1.29 is 4.39 Å². The number of benzene rings is 1.